The first-order valence-electron chi connectivity index (χ1n) is 4.24. The Hall–Kier alpha value is -0.780. The van der Waals surface area contributed by atoms with Crippen LogP contribution in [0.4, 0.5) is 0 Å². The molecule has 0 heteroatoms. The van der Waals surface area contributed by atoms with Crippen LogP contribution in [-0.4, -0.2) is 0 Å². The summed E-state index contributed by atoms with van der Waals surface area (Å²) in [5.74, 6) is 0. The van der Waals surface area contributed by atoms with E-state index in [9.17, 15) is 0 Å². The number of rotatable bonds is 0. The summed E-state index contributed by atoms with van der Waals surface area (Å²) >= 11 is 0. The highest BCUT2D eigenvalue weighted by Gasteiger charge is 1.79. The number of hydrogen-bond acceptors (Lipinski definition) is 0. The van der Waals surface area contributed by atoms with Crippen LogP contribution in [0.5, 0.6) is 0 Å². The van der Waals surface area contributed by atoms with Gasteiger partial charge in [-0.05, 0) is 13.8 Å². The molecule has 0 nitrogen and oxygen atoms in total. The first-order valence-corrected chi connectivity index (χ1v) is 3.74. The fraction of sp³-hybridized carbons (Fsp3) is 0.400. The fourth-order valence-corrected chi connectivity index (χ4v) is 0.580. The summed E-state index contributed by atoms with van der Waals surface area (Å²) < 4.78 is 7.36. The molecule has 1 rings (SSSR count). The molecule has 0 amide bonds. The molecule has 0 aliphatic rings. The first kappa shape index (κ1) is 7.33. The van der Waals surface area contributed by atoms with E-state index in [-0.39, 0.29) is 0 Å². The molecule has 0 saturated carbocycles. The van der Waals surface area contributed by atoms with E-state index in [2.05, 4.69) is 0 Å². The average molecular weight is 138 g/mol. The van der Waals surface area contributed by atoms with Gasteiger partial charge in [0.25, 0.3) is 0 Å². The lowest BCUT2D eigenvalue weighted by Gasteiger charge is -1.90. The van der Waals surface area contributed by atoms with Crippen molar-refractivity contribution in [1.82, 2.24) is 0 Å². The van der Waals surface area contributed by atoms with E-state index in [0.717, 1.165) is 11.1 Å². The second kappa shape index (κ2) is 5.04. The molecule has 0 aliphatic heterocycles. The van der Waals surface area contributed by atoms with Crippen molar-refractivity contribution in [3.05, 3.63) is 35.4 Å². The molecule has 0 unspecified atom stereocenters. The topological polar surface area (TPSA) is 0 Å². The molecular formula is C10H16. The van der Waals surface area contributed by atoms with Gasteiger partial charge in [-0.1, -0.05) is 49.2 Å². The van der Waals surface area contributed by atoms with E-state index in [4.69, 9.17) is 1.37 Å². The lowest BCUT2D eigenvalue weighted by molar-refractivity contribution is 1.40. The molecule has 0 bridgehead atoms. The maximum Gasteiger partial charge on any atom is 0.0626 e. The van der Waals surface area contributed by atoms with Crippen LogP contribution in [0.25, 0.3) is 0 Å². The predicted octanol–water partition coefficient (Wildman–Crippen LogP) is 3.33. The van der Waals surface area contributed by atoms with E-state index < -0.39 is 0 Å². The maximum atomic E-state index is 7.36. The third-order valence-corrected chi connectivity index (χ3v) is 1.12. The van der Waals surface area contributed by atoms with Gasteiger partial charge < -0.3 is 0 Å². The summed E-state index contributed by atoms with van der Waals surface area (Å²) in [7, 11) is 0. The Balaban J connectivity index is 0.000000461. The lowest BCUT2D eigenvalue weighted by atomic mass is 10.2. The minimum absolute atomic E-state index is 0.634. The molecule has 0 spiro atoms. The molecule has 0 atom stereocenters. The van der Waals surface area contributed by atoms with Crippen molar-refractivity contribution in [2.24, 2.45) is 0 Å². The van der Waals surface area contributed by atoms with E-state index >= 15 is 0 Å². The summed E-state index contributed by atoms with van der Waals surface area (Å²) in [6, 6.07) is 6.50. The Labute approximate surface area is 65.3 Å². The fourth-order valence-electron chi connectivity index (χ4n) is 0.580. The van der Waals surface area contributed by atoms with Crippen molar-refractivity contribution in [2.75, 3.05) is 0 Å². The SMILES string of the molecule is CC.[3H]c1cc(C)ccc1C. The van der Waals surface area contributed by atoms with Gasteiger partial charge >= 0.3 is 0 Å². The van der Waals surface area contributed by atoms with Crippen LogP contribution in [0.3, 0.4) is 0 Å². The summed E-state index contributed by atoms with van der Waals surface area (Å²) in [5, 5.41) is 0. The van der Waals surface area contributed by atoms with Crippen LogP contribution < -0.4 is 0 Å². The minimum Gasteiger partial charge on any atom is -0.0683 e. The largest absolute Gasteiger partial charge is 0.0683 e. The van der Waals surface area contributed by atoms with Crippen molar-refractivity contribution < 1.29 is 1.37 Å². The smallest absolute Gasteiger partial charge is 0.0626 e. The molecule has 0 saturated heterocycles. The van der Waals surface area contributed by atoms with E-state index in [1.807, 2.05) is 45.9 Å². The molecule has 0 fully saturated rings. The van der Waals surface area contributed by atoms with Crippen LogP contribution in [0, 0.1) is 13.8 Å². The number of aryl methyl sites for hydroxylation is 2. The molecule has 0 aliphatic carbocycles. The minimum atomic E-state index is 0.634. The summed E-state index contributed by atoms with van der Waals surface area (Å²) in [6.45, 7) is 7.94. The zero-order valence-corrected chi connectivity index (χ0v) is 7.23. The quantitative estimate of drug-likeness (QED) is 0.516. The van der Waals surface area contributed by atoms with E-state index in [0.29, 0.717) is 6.04 Å². The molecule has 0 aromatic heterocycles. The second-order valence-electron chi connectivity index (χ2n) is 2.05. The van der Waals surface area contributed by atoms with Gasteiger partial charge in [0.15, 0.2) is 0 Å². The third-order valence-electron chi connectivity index (χ3n) is 1.12. The van der Waals surface area contributed by atoms with Gasteiger partial charge in [-0.25, -0.2) is 0 Å². The highest BCUT2D eigenvalue weighted by molar-refractivity contribution is 5.19. The Morgan fingerprint density at radius 1 is 1.00 bits per heavy atom. The Bertz CT molecular complexity index is 216. The zero-order chi connectivity index (χ0) is 8.85. The number of hydrogen-bond donors (Lipinski definition) is 0. The van der Waals surface area contributed by atoms with Crippen molar-refractivity contribution in [3.8, 4) is 0 Å². The highest BCUT2D eigenvalue weighted by Crippen LogP contribution is 1.99. The van der Waals surface area contributed by atoms with Crippen LogP contribution in [0.15, 0.2) is 24.2 Å². The van der Waals surface area contributed by atoms with Gasteiger partial charge in [0, 0.05) is 0 Å². The van der Waals surface area contributed by atoms with E-state index in [1.54, 1.807) is 0 Å². The Morgan fingerprint density at radius 2 is 1.50 bits per heavy atom. The van der Waals surface area contributed by atoms with Crippen molar-refractivity contribution in [1.29, 1.82) is 0 Å². The molecule has 0 heterocycles. The van der Waals surface area contributed by atoms with Gasteiger partial charge in [-0.3, -0.25) is 0 Å². The monoisotopic (exact) mass is 138 g/mol. The average Bonchev–Trinajstić information content (AvgIpc) is 2.02. The molecular weight excluding hydrogens is 120 g/mol. The molecule has 1 aromatic rings. The van der Waals surface area contributed by atoms with Gasteiger partial charge in [-0.15, -0.1) is 0 Å². The van der Waals surface area contributed by atoms with Crippen LogP contribution >= 0.6 is 0 Å². The van der Waals surface area contributed by atoms with Crippen molar-refractivity contribution >= 4 is 0 Å². The standard InChI is InChI=1S/C8H10.C2H6/c1-7-3-5-8(2)6-4-7;1-2/h3-6H,1-2H3;1-2H3/i3T;. The molecule has 1 aromatic carbocycles. The van der Waals surface area contributed by atoms with Gasteiger partial charge in [0.2, 0.25) is 0 Å². The van der Waals surface area contributed by atoms with Gasteiger partial charge in [0.05, 0.1) is 1.37 Å². The lowest BCUT2D eigenvalue weighted by Crippen LogP contribution is -1.70. The van der Waals surface area contributed by atoms with E-state index in [1.165, 1.54) is 0 Å². The van der Waals surface area contributed by atoms with Crippen molar-refractivity contribution in [3.63, 3.8) is 0 Å². The first-order chi connectivity index (χ1) is 5.20. The third kappa shape index (κ3) is 3.29. The van der Waals surface area contributed by atoms with Crippen LogP contribution in [-0.2, 0) is 0 Å². The summed E-state index contributed by atoms with van der Waals surface area (Å²) in [5.41, 5.74) is 2.20. The Morgan fingerprint density at radius 3 is 1.90 bits per heavy atom. The van der Waals surface area contributed by atoms with Crippen molar-refractivity contribution in [2.45, 2.75) is 27.7 Å². The summed E-state index contributed by atoms with van der Waals surface area (Å²) in [6.07, 6.45) is 0. The molecule has 0 N–H and O–H groups in total. The molecule has 10 heavy (non-hydrogen) atoms. The zero-order valence-electron chi connectivity index (χ0n) is 8.23. The van der Waals surface area contributed by atoms with Gasteiger partial charge in [-0.2, -0.15) is 0 Å². The molecule has 0 radical (unpaired) electrons. The second-order valence-corrected chi connectivity index (χ2v) is 2.05. The maximum absolute atomic E-state index is 7.36. The summed E-state index contributed by atoms with van der Waals surface area (Å²) in [4.78, 5) is 0. The van der Waals surface area contributed by atoms with Crippen LogP contribution in [0.1, 0.15) is 26.3 Å². The predicted molar refractivity (Wildman–Crippen MR) is 47.3 cm³/mol. The number of benzene rings is 1. The molecule has 56 valence electrons. The Kier molecular flexibility index (Phi) is 3.69. The highest BCUT2D eigenvalue weighted by atomic mass is 13.9. The van der Waals surface area contributed by atoms with Crippen LogP contribution in [0.2, 0.25) is 0 Å². The van der Waals surface area contributed by atoms with Gasteiger partial charge in [0.1, 0.15) is 0 Å². The normalized spacial score (nSPS) is 9.40.